The first kappa shape index (κ1) is 23.4. The number of carbonyl (C=O) groups is 3. The number of hydrogen-bond donors (Lipinski definition) is 2. The maximum Gasteiger partial charge on any atom is 0.407 e. The number of aliphatic carboxylic acids is 1. The van der Waals surface area contributed by atoms with Crippen LogP contribution in [0, 0.1) is 11.8 Å². The minimum absolute atomic E-state index is 0.00697. The van der Waals surface area contributed by atoms with Crippen LogP contribution in [-0.2, 0) is 19.1 Å². The van der Waals surface area contributed by atoms with Crippen LogP contribution in [0.2, 0.25) is 0 Å². The van der Waals surface area contributed by atoms with E-state index in [2.05, 4.69) is 29.6 Å². The van der Waals surface area contributed by atoms with E-state index in [1.54, 1.807) is 4.90 Å². The highest BCUT2D eigenvalue weighted by atomic mass is 16.5. The van der Waals surface area contributed by atoms with Crippen molar-refractivity contribution in [3.8, 4) is 11.1 Å². The van der Waals surface area contributed by atoms with Crippen molar-refractivity contribution in [3.63, 3.8) is 0 Å². The zero-order valence-electron chi connectivity index (χ0n) is 19.7. The van der Waals surface area contributed by atoms with E-state index >= 15 is 0 Å². The number of carboxylic acids is 1. The zero-order valence-corrected chi connectivity index (χ0v) is 19.7. The molecule has 0 spiro atoms. The van der Waals surface area contributed by atoms with Gasteiger partial charge in [-0.2, -0.15) is 0 Å². The van der Waals surface area contributed by atoms with Crippen molar-refractivity contribution in [2.24, 2.45) is 11.8 Å². The summed E-state index contributed by atoms with van der Waals surface area (Å²) >= 11 is 0. The average molecular weight is 479 g/mol. The van der Waals surface area contributed by atoms with Gasteiger partial charge in [0, 0.05) is 51.4 Å². The number of alkyl carbamates (subject to hydrolysis) is 1. The van der Waals surface area contributed by atoms with E-state index in [1.807, 2.05) is 24.3 Å². The van der Waals surface area contributed by atoms with E-state index in [4.69, 9.17) is 9.47 Å². The Morgan fingerprint density at radius 1 is 1.03 bits per heavy atom. The lowest BCUT2D eigenvalue weighted by Gasteiger charge is -2.37. The molecule has 2 aliphatic carbocycles. The normalized spacial score (nSPS) is 22.1. The van der Waals surface area contributed by atoms with Crippen LogP contribution in [0.25, 0.3) is 11.1 Å². The highest BCUT2D eigenvalue weighted by molar-refractivity contribution is 5.83. The number of rotatable bonds is 7. The third-order valence-corrected chi connectivity index (χ3v) is 7.76. The van der Waals surface area contributed by atoms with Crippen molar-refractivity contribution >= 4 is 18.0 Å². The van der Waals surface area contributed by atoms with Crippen LogP contribution in [0.15, 0.2) is 48.5 Å². The fraction of sp³-hybridized carbons (Fsp3) is 0.444. The van der Waals surface area contributed by atoms with Gasteiger partial charge in [0.15, 0.2) is 5.60 Å². The Bertz CT molecular complexity index is 1090. The molecular weight excluding hydrogens is 448 g/mol. The molecule has 1 saturated heterocycles. The standard InChI is InChI=1S/C27H30N2O6/c1-34-27(25(31)32)10-12-29(13-11-27)24(30)22-14-17(22)15-28-26(33)35-16-23-20-8-4-2-6-18(20)19-7-3-5-9-21(19)23/h2-9,17,22-23H,10-16H2,1H3,(H,28,33)(H,31,32)/t17-,22-/m0/s1. The number of likely N-dealkylation sites (tertiary alicyclic amines) is 1. The molecule has 3 aliphatic rings. The fourth-order valence-electron chi connectivity index (χ4n) is 5.47. The van der Waals surface area contributed by atoms with Crippen LogP contribution in [0.1, 0.15) is 36.3 Å². The lowest BCUT2D eigenvalue weighted by atomic mass is 9.91. The summed E-state index contributed by atoms with van der Waals surface area (Å²) in [7, 11) is 1.40. The number of nitrogens with one attached hydrogen (secondary N) is 1. The predicted octanol–water partition coefficient (Wildman–Crippen LogP) is 3.25. The molecule has 0 bridgehead atoms. The molecule has 184 valence electrons. The van der Waals surface area contributed by atoms with E-state index in [1.165, 1.54) is 18.2 Å². The monoisotopic (exact) mass is 478 g/mol. The average Bonchev–Trinajstić information content (AvgIpc) is 3.60. The molecule has 1 saturated carbocycles. The summed E-state index contributed by atoms with van der Waals surface area (Å²) in [5.74, 6) is -1.00. The Hall–Kier alpha value is -3.39. The molecule has 0 radical (unpaired) electrons. The molecule has 2 fully saturated rings. The minimum Gasteiger partial charge on any atom is -0.479 e. The Morgan fingerprint density at radius 3 is 2.20 bits per heavy atom. The molecule has 0 unspecified atom stereocenters. The molecule has 8 nitrogen and oxygen atoms in total. The van der Waals surface area contributed by atoms with Crippen molar-refractivity contribution < 1.29 is 29.0 Å². The van der Waals surface area contributed by atoms with Gasteiger partial charge >= 0.3 is 12.1 Å². The highest BCUT2D eigenvalue weighted by Gasteiger charge is 2.48. The van der Waals surface area contributed by atoms with Crippen LogP contribution in [0.3, 0.4) is 0 Å². The first-order chi connectivity index (χ1) is 16.9. The number of carbonyl (C=O) groups excluding carboxylic acids is 2. The SMILES string of the molecule is COC1(C(=O)O)CCN(C(=O)[C@H]2C[C@H]2CNC(=O)OCC2c3ccccc3-c3ccccc32)CC1. The Balaban J connectivity index is 1.08. The predicted molar refractivity (Wildman–Crippen MR) is 128 cm³/mol. The van der Waals surface area contributed by atoms with Gasteiger partial charge in [-0.05, 0) is 34.6 Å². The van der Waals surface area contributed by atoms with E-state index in [0.717, 1.165) is 11.1 Å². The van der Waals surface area contributed by atoms with Gasteiger partial charge in [0.05, 0.1) is 0 Å². The summed E-state index contributed by atoms with van der Waals surface area (Å²) in [5, 5.41) is 12.2. The summed E-state index contributed by atoms with van der Waals surface area (Å²) < 4.78 is 10.8. The van der Waals surface area contributed by atoms with Gasteiger partial charge in [0.2, 0.25) is 5.91 Å². The van der Waals surface area contributed by atoms with Crippen molar-refractivity contribution in [2.75, 3.05) is 33.4 Å². The van der Waals surface area contributed by atoms with Crippen LogP contribution >= 0.6 is 0 Å². The number of benzene rings is 2. The molecule has 1 aliphatic heterocycles. The number of piperidine rings is 1. The second kappa shape index (κ2) is 9.34. The maximum absolute atomic E-state index is 12.8. The van der Waals surface area contributed by atoms with Gasteiger partial charge in [-0.15, -0.1) is 0 Å². The fourth-order valence-corrected chi connectivity index (χ4v) is 5.47. The lowest BCUT2D eigenvalue weighted by Crippen LogP contribution is -2.52. The van der Waals surface area contributed by atoms with Crippen molar-refractivity contribution in [1.82, 2.24) is 10.2 Å². The first-order valence-corrected chi connectivity index (χ1v) is 12.1. The molecule has 8 heteroatoms. The van der Waals surface area contributed by atoms with Crippen molar-refractivity contribution in [1.29, 1.82) is 0 Å². The van der Waals surface area contributed by atoms with Gasteiger partial charge in [0.25, 0.3) is 0 Å². The van der Waals surface area contributed by atoms with Crippen LogP contribution in [-0.4, -0.2) is 66.9 Å². The number of nitrogens with zero attached hydrogens (tertiary/aromatic N) is 1. The van der Waals surface area contributed by atoms with Gasteiger partial charge < -0.3 is 24.8 Å². The van der Waals surface area contributed by atoms with Gasteiger partial charge in [-0.25, -0.2) is 9.59 Å². The summed E-state index contributed by atoms with van der Waals surface area (Å²) in [6, 6.07) is 16.4. The largest absolute Gasteiger partial charge is 0.479 e. The van der Waals surface area contributed by atoms with Crippen molar-refractivity contribution in [3.05, 3.63) is 59.7 Å². The number of fused-ring (bicyclic) bond motifs is 3. The third kappa shape index (κ3) is 4.38. The quantitative estimate of drug-likeness (QED) is 0.633. The van der Waals surface area contributed by atoms with E-state index in [-0.39, 0.29) is 43.1 Å². The molecule has 2 aromatic carbocycles. The number of ether oxygens (including phenoxy) is 2. The number of carboxylic acid groups (broad SMARTS) is 1. The molecule has 2 amide bonds. The Labute approximate surface area is 204 Å². The molecule has 35 heavy (non-hydrogen) atoms. The van der Waals surface area contributed by atoms with Gasteiger partial charge in [-0.3, -0.25) is 4.79 Å². The topological polar surface area (TPSA) is 105 Å². The second-order valence-electron chi connectivity index (χ2n) is 9.64. The van der Waals surface area contributed by atoms with E-state index in [0.29, 0.717) is 26.1 Å². The smallest absolute Gasteiger partial charge is 0.407 e. The second-order valence-corrected chi connectivity index (χ2v) is 9.64. The summed E-state index contributed by atoms with van der Waals surface area (Å²) in [4.78, 5) is 38.4. The van der Waals surface area contributed by atoms with E-state index < -0.39 is 17.7 Å². The number of amides is 2. The highest BCUT2D eigenvalue weighted by Crippen LogP contribution is 2.44. The molecule has 5 rings (SSSR count). The molecule has 1 heterocycles. The third-order valence-electron chi connectivity index (χ3n) is 7.76. The van der Waals surface area contributed by atoms with Gasteiger partial charge in [0.1, 0.15) is 6.61 Å². The Kier molecular flexibility index (Phi) is 6.23. The van der Waals surface area contributed by atoms with Gasteiger partial charge in [-0.1, -0.05) is 48.5 Å². The van der Waals surface area contributed by atoms with E-state index in [9.17, 15) is 19.5 Å². The Morgan fingerprint density at radius 2 is 1.63 bits per heavy atom. The van der Waals surface area contributed by atoms with Crippen LogP contribution in [0.4, 0.5) is 4.79 Å². The maximum atomic E-state index is 12.8. The number of hydrogen-bond acceptors (Lipinski definition) is 5. The molecule has 2 N–H and O–H groups in total. The zero-order chi connectivity index (χ0) is 24.6. The van der Waals surface area contributed by atoms with Crippen LogP contribution in [0.5, 0.6) is 0 Å². The van der Waals surface area contributed by atoms with Crippen LogP contribution < -0.4 is 5.32 Å². The summed E-state index contributed by atoms with van der Waals surface area (Å²) in [6.07, 6.45) is 0.794. The molecule has 0 aromatic heterocycles. The van der Waals surface area contributed by atoms with Crippen molar-refractivity contribution in [2.45, 2.75) is 30.8 Å². The molecular formula is C27H30N2O6. The molecule has 2 aromatic rings. The molecule has 2 atom stereocenters. The number of methoxy groups -OCH3 is 1. The minimum atomic E-state index is -1.20. The summed E-state index contributed by atoms with van der Waals surface area (Å²) in [5.41, 5.74) is 3.49. The lowest BCUT2D eigenvalue weighted by molar-refractivity contribution is -0.170. The first-order valence-electron chi connectivity index (χ1n) is 12.1. The summed E-state index contributed by atoms with van der Waals surface area (Å²) in [6.45, 7) is 1.37.